The number of hydrogen-bond acceptors (Lipinski definition) is 11. The first-order valence-corrected chi connectivity index (χ1v) is 7.07. The number of carbonyl (C=O) groups excluding carboxylic acids is 2. The van der Waals surface area contributed by atoms with E-state index in [0.717, 1.165) is 0 Å². The highest BCUT2D eigenvalue weighted by Gasteiger charge is 2.48. The van der Waals surface area contributed by atoms with Crippen LogP contribution in [0.4, 0.5) is 0 Å². The Morgan fingerprint density at radius 3 is 2.25 bits per heavy atom. The minimum Gasteiger partial charge on any atom is -0.388 e. The Morgan fingerprint density at radius 2 is 1.71 bits per heavy atom. The summed E-state index contributed by atoms with van der Waals surface area (Å²) in [6, 6.07) is 0. The molecule has 0 aliphatic carbocycles. The molecule has 0 amide bonds. The fraction of sp³-hybridized carbons (Fsp3) is 0.923. The molecule has 2 saturated heterocycles. The number of aliphatic hydroxyl groups is 5. The van der Waals surface area contributed by atoms with Crippen molar-refractivity contribution in [2.24, 2.45) is 0 Å². The third-order valence-electron chi connectivity index (χ3n) is 3.80. The van der Waals surface area contributed by atoms with E-state index in [-0.39, 0.29) is 19.4 Å². The Balaban J connectivity index is 0.000000891. The van der Waals surface area contributed by atoms with Gasteiger partial charge in [0.1, 0.15) is 36.6 Å². The van der Waals surface area contributed by atoms with Crippen molar-refractivity contribution in [3.63, 3.8) is 0 Å². The molecule has 140 valence electrons. The van der Waals surface area contributed by atoms with Gasteiger partial charge in [-0.2, -0.15) is 9.59 Å². The van der Waals surface area contributed by atoms with Gasteiger partial charge in [0.2, 0.25) is 0 Å². The largest absolute Gasteiger partial charge is 0.388 e. The lowest BCUT2D eigenvalue weighted by molar-refractivity contribution is -0.349. The summed E-state index contributed by atoms with van der Waals surface area (Å²) in [4.78, 5) is 16.2. The molecule has 2 unspecified atom stereocenters. The van der Waals surface area contributed by atoms with Crippen LogP contribution in [-0.4, -0.2) is 101 Å². The third-order valence-corrected chi connectivity index (χ3v) is 3.80. The lowest BCUT2D eigenvalue weighted by Crippen LogP contribution is -2.62. The maximum absolute atomic E-state index is 10.0. The molecule has 2 aliphatic rings. The molecule has 0 bridgehead atoms. The van der Waals surface area contributed by atoms with Gasteiger partial charge in [-0.05, 0) is 6.92 Å². The minimum absolute atomic E-state index is 0.107. The van der Waals surface area contributed by atoms with Crippen molar-refractivity contribution in [3.8, 4) is 0 Å². The van der Waals surface area contributed by atoms with E-state index in [4.69, 9.17) is 28.5 Å². The van der Waals surface area contributed by atoms with Crippen molar-refractivity contribution < 1.29 is 54.1 Å². The lowest BCUT2D eigenvalue weighted by atomic mass is 9.98. The molecule has 0 aromatic carbocycles. The van der Waals surface area contributed by atoms with E-state index in [0.29, 0.717) is 0 Å². The van der Waals surface area contributed by atoms with Gasteiger partial charge in [0.25, 0.3) is 0 Å². The van der Waals surface area contributed by atoms with Crippen LogP contribution in [0.2, 0.25) is 0 Å². The third kappa shape index (κ3) is 4.77. The van der Waals surface area contributed by atoms with E-state index in [1.54, 1.807) is 0 Å². The monoisotopic (exact) mass is 354 g/mol. The molecular weight excluding hydrogens is 332 g/mol. The highest BCUT2D eigenvalue weighted by molar-refractivity contribution is 5.20. The molecule has 2 aliphatic heterocycles. The first-order chi connectivity index (χ1) is 11.2. The highest BCUT2D eigenvalue weighted by Crippen LogP contribution is 2.27. The Hall–Kier alpha value is -0.980. The smallest absolute Gasteiger partial charge is 0.373 e. The van der Waals surface area contributed by atoms with Crippen molar-refractivity contribution in [2.45, 2.75) is 55.6 Å². The van der Waals surface area contributed by atoms with E-state index in [9.17, 15) is 25.5 Å². The van der Waals surface area contributed by atoms with Gasteiger partial charge < -0.3 is 44.5 Å². The fourth-order valence-corrected chi connectivity index (χ4v) is 2.43. The molecule has 0 radical (unpaired) electrons. The first-order valence-electron chi connectivity index (χ1n) is 7.07. The van der Waals surface area contributed by atoms with Gasteiger partial charge in [-0.15, -0.1) is 0 Å². The number of methoxy groups -OCH3 is 1. The molecule has 8 atom stereocenters. The Bertz CT molecular complexity index is 414. The number of rotatable bonds is 3. The van der Waals surface area contributed by atoms with Gasteiger partial charge in [0.05, 0.1) is 13.2 Å². The molecule has 11 nitrogen and oxygen atoms in total. The van der Waals surface area contributed by atoms with E-state index in [1.807, 2.05) is 0 Å². The van der Waals surface area contributed by atoms with Gasteiger partial charge in [0, 0.05) is 7.11 Å². The maximum atomic E-state index is 10.0. The second-order valence-electron chi connectivity index (χ2n) is 5.52. The Kier molecular flexibility index (Phi) is 7.83. The second-order valence-corrected chi connectivity index (χ2v) is 5.52. The quantitative estimate of drug-likeness (QED) is 0.338. The molecule has 24 heavy (non-hydrogen) atoms. The number of aliphatic hydroxyl groups excluding tert-OH is 4. The molecule has 5 N–H and O–H groups in total. The van der Waals surface area contributed by atoms with Crippen molar-refractivity contribution in [2.75, 3.05) is 20.3 Å². The van der Waals surface area contributed by atoms with Crippen LogP contribution in [0.5, 0.6) is 0 Å². The summed E-state index contributed by atoms with van der Waals surface area (Å²) < 4.78 is 20.5. The zero-order chi connectivity index (χ0) is 18.5. The summed E-state index contributed by atoms with van der Waals surface area (Å²) in [6.45, 7) is 0.919. The summed E-state index contributed by atoms with van der Waals surface area (Å²) in [5.74, 6) is -1.88. The number of hydrogen-bond donors (Lipinski definition) is 5. The lowest BCUT2D eigenvalue weighted by Gasteiger charge is -2.44. The maximum Gasteiger partial charge on any atom is 0.373 e. The predicted octanol–water partition coefficient (Wildman–Crippen LogP) is -3.66. The van der Waals surface area contributed by atoms with Crippen LogP contribution < -0.4 is 0 Å². The molecule has 0 spiro atoms. The van der Waals surface area contributed by atoms with E-state index < -0.39 is 48.7 Å². The molecule has 11 heteroatoms. The summed E-state index contributed by atoms with van der Waals surface area (Å²) >= 11 is 0. The highest BCUT2D eigenvalue weighted by atomic mass is 16.7. The zero-order valence-corrected chi connectivity index (χ0v) is 13.1. The average Bonchev–Trinajstić information content (AvgIpc) is 2.52. The van der Waals surface area contributed by atoms with E-state index in [2.05, 4.69) is 0 Å². The summed E-state index contributed by atoms with van der Waals surface area (Å²) in [5, 5.41) is 49.0. The van der Waals surface area contributed by atoms with Crippen LogP contribution in [0.3, 0.4) is 0 Å². The molecule has 0 aromatic rings. The van der Waals surface area contributed by atoms with Crippen LogP contribution in [0.15, 0.2) is 0 Å². The van der Waals surface area contributed by atoms with Crippen LogP contribution in [0.25, 0.3) is 0 Å². The van der Waals surface area contributed by atoms with Gasteiger partial charge in [-0.3, -0.25) is 0 Å². The van der Waals surface area contributed by atoms with Crippen LogP contribution in [0.1, 0.15) is 6.92 Å². The SMILES string of the molecule is CO[C@@H]1C(O)[C@H](O[C@@H]2CO[C@](C)(O)C(O)[C@H]2O)OC[C@H]1O.O=C=O. The van der Waals surface area contributed by atoms with Crippen LogP contribution >= 0.6 is 0 Å². The molecule has 0 aromatic heterocycles. The molecule has 2 heterocycles. The molecule has 2 rings (SSSR count). The van der Waals surface area contributed by atoms with Gasteiger partial charge in [0.15, 0.2) is 12.1 Å². The summed E-state index contributed by atoms with van der Waals surface area (Å²) in [6.07, 6.45) is -8.06. The van der Waals surface area contributed by atoms with Crippen molar-refractivity contribution in [1.82, 2.24) is 0 Å². The fourth-order valence-electron chi connectivity index (χ4n) is 2.43. The minimum atomic E-state index is -1.88. The van der Waals surface area contributed by atoms with Crippen LogP contribution in [-0.2, 0) is 28.5 Å². The normalized spacial score (nSPS) is 45.7. The average molecular weight is 354 g/mol. The zero-order valence-electron chi connectivity index (χ0n) is 13.1. The standard InChI is InChI=1S/C12H22O9.CO2/c1-12(17)10(16)7(14)6(4-20-12)21-11-8(15)9(18-2)5(13)3-19-11;2-1-3/h5-11,13-17H,3-4H2,1-2H3;/t5-,6-,7+,8?,9+,10?,11+,12+;/m1./s1. The Morgan fingerprint density at radius 1 is 1.12 bits per heavy atom. The van der Waals surface area contributed by atoms with E-state index >= 15 is 0 Å². The molecular formula is C13H22O11. The van der Waals surface area contributed by atoms with Crippen LogP contribution in [0, 0.1) is 0 Å². The van der Waals surface area contributed by atoms with Gasteiger partial charge >= 0.3 is 6.15 Å². The second kappa shape index (κ2) is 8.92. The summed E-state index contributed by atoms with van der Waals surface area (Å²) in [5.41, 5.74) is 0. The predicted molar refractivity (Wildman–Crippen MR) is 71.0 cm³/mol. The number of ether oxygens (including phenoxy) is 4. The molecule has 0 saturated carbocycles. The van der Waals surface area contributed by atoms with E-state index in [1.165, 1.54) is 14.0 Å². The van der Waals surface area contributed by atoms with Gasteiger partial charge in [-0.1, -0.05) is 0 Å². The first kappa shape index (κ1) is 21.1. The van der Waals surface area contributed by atoms with Crippen molar-refractivity contribution >= 4 is 6.15 Å². The Labute approximate surface area is 137 Å². The van der Waals surface area contributed by atoms with Gasteiger partial charge in [-0.25, -0.2) is 0 Å². The summed E-state index contributed by atoms with van der Waals surface area (Å²) in [7, 11) is 1.33. The molecule has 2 fully saturated rings. The van der Waals surface area contributed by atoms with Crippen molar-refractivity contribution in [1.29, 1.82) is 0 Å². The van der Waals surface area contributed by atoms with Crippen molar-refractivity contribution in [3.05, 3.63) is 0 Å². The topological polar surface area (TPSA) is 172 Å².